The predicted octanol–water partition coefficient (Wildman–Crippen LogP) is 3.14. The Kier molecular flexibility index (Phi) is 5.14. The van der Waals surface area contributed by atoms with Crippen LogP contribution in [0.25, 0.3) is 0 Å². The molecule has 0 aliphatic carbocycles. The number of thioether (sulfide) groups is 1. The summed E-state index contributed by atoms with van der Waals surface area (Å²) in [5.41, 5.74) is 0. The number of rotatable bonds is 4. The summed E-state index contributed by atoms with van der Waals surface area (Å²) < 4.78 is 0. The Bertz CT molecular complexity index is 217. The average Bonchev–Trinajstić information content (AvgIpc) is 1.97. The van der Waals surface area contributed by atoms with Crippen molar-refractivity contribution in [1.29, 1.82) is 0 Å². The Morgan fingerprint density at radius 3 is 1.92 bits per heavy atom. The fourth-order valence-electron chi connectivity index (χ4n) is 0.822. The standard InChI is InChI=1S/C10H18O2S/c1-6(2)9(12)10(8(5)11)13-7(3)4/h6-7,12H,1-5H3/b10-9+. The lowest BCUT2D eigenvalue weighted by atomic mass is 10.1. The van der Waals surface area contributed by atoms with Gasteiger partial charge in [0.1, 0.15) is 5.76 Å². The molecule has 13 heavy (non-hydrogen) atoms. The second kappa shape index (κ2) is 5.32. The molecule has 0 rings (SSSR count). The predicted molar refractivity (Wildman–Crippen MR) is 57.9 cm³/mol. The molecule has 1 N–H and O–H groups in total. The van der Waals surface area contributed by atoms with E-state index in [1.54, 1.807) is 0 Å². The molecule has 0 fully saturated rings. The highest BCUT2D eigenvalue weighted by molar-refractivity contribution is 8.04. The number of aliphatic hydroxyl groups excluding tert-OH is 1. The van der Waals surface area contributed by atoms with Gasteiger partial charge in [0.25, 0.3) is 0 Å². The monoisotopic (exact) mass is 202 g/mol. The highest BCUT2D eigenvalue weighted by Gasteiger charge is 2.15. The summed E-state index contributed by atoms with van der Waals surface area (Å²) in [6.45, 7) is 9.24. The quantitative estimate of drug-likeness (QED) is 0.562. The molecule has 0 aliphatic heterocycles. The zero-order valence-corrected chi connectivity index (χ0v) is 9.73. The van der Waals surface area contributed by atoms with E-state index in [0.717, 1.165) is 0 Å². The first-order valence-electron chi connectivity index (χ1n) is 4.47. The molecule has 0 aromatic heterocycles. The topological polar surface area (TPSA) is 37.3 Å². The second-order valence-corrected chi connectivity index (χ2v) is 5.18. The van der Waals surface area contributed by atoms with Crippen LogP contribution in [0.3, 0.4) is 0 Å². The molecule has 3 heteroatoms. The minimum Gasteiger partial charge on any atom is -0.511 e. The van der Waals surface area contributed by atoms with E-state index >= 15 is 0 Å². The van der Waals surface area contributed by atoms with Gasteiger partial charge in [0.05, 0.1) is 4.91 Å². The lowest BCUT2D eigenvalue weighted by Gasteiger charge is -2.12. The van der Waals surface area contributed by atoms with E-state index in [4.69, 9.17) is 0 Å². The SMILES string of the molecule is CC(=O)/C(SC(C)C)=C(\O)C(C)C. The van der Waals surface area contributed by atoms with E-state index in [9.17, 15) is 9.90 Å². The van der Waals surface area contributed by atoms with Crippen molar-refractivity contribution in [1.82, 2.24) is 0 Å². The largest absolute Gasteiger partial charge is 0.511 e. The lowest BCUT2D eigenvalue weighted by molar-refractivity contribution is -0.113. The molecule has 0 aliphatic rings. The summed E-state index contributed by atoms with van der Waals surface area (Å²) in [6, 6.07) is 0. The van der Waals surface area contributed by atoms with Gasteiger partial charge >= 0.3 is 0 Å². The molecule has 0 aromatic rings. The Morgan fingerprint density at radius 1 is 1.23 bits per heavy atom. The minimum absolute atomic E-state index is 0.0187. The molecule has 0 spiro atoms. The number of hydrogen-bond acceptors (Lipinski definition) is 3. The van der Waals surface area contributed by atoms with E-state index in [-0.39, 0.29) is 17.5 Å². The third kappa shape index (κ3) is 4.36. The van der Waals surface area contributed by atoms with Gasteiger partial charge in [-0.3, -0.25) is 4.79 Å². The number of Topliss-reactive ketones (excluding diaryl/α,β-unsaturated/α-hetero) is 1. The molecule has 0 heterocycles. The molecule has 0 radical (unpaired) electrons. The Morgan fingerprint density at radius 2 is 1.69 bits per heavy atom. The molecule has 0 aromatic carbocycles. The van der Waals surface area contributed by atoms with Crippen molar-refractivity contribution in [2.24, 2.45) is 5.92 Å². The summed E-state index contributed by atoms with van der Waals surface area (Å²) in [7, 11) is 0. The van der Waals surface area contributed by atoms with Crippen LogP contribution >= 0.6 is 11.8 Å². The van der Waals surface area contributed by atoms with Gasteiger partial charge in [-0.25, -0.2) is 0 Å². The van der Waals surface area contributed by atoms with Crippen LogP contribution < -0.4 is 0 Å². The first-order valence-corrected chi connectivity index (χ1v) is 5.35. The molecule has 0 bridgehead atoms. The zero-order chi connectivity index (χ0) is 10.6. The molecular weight excluding hydrogens is 184 g/mol. The highest BCUT2D eigenvalue weighted by Crippen LogP contribution is 2.27. The zero-order valence-electron chi connectivity index (χ0n) is 8.92. The second-order valence-electron chi connectivity index (χ2n) is 3.59. The maximum atomic E-state index is 11.2. The Balaban J connectivity index is 4.78. The fourth-order valence-corrected chi connectivity index (χ4v) is 1.82. The Hall–Kier alpha value is -0.440. The van der Waals surface area contributed by atoms with Crippen molar-refractivity contribution in [3.8, 4) is 0 Å². The maximum absolute atomic E-state index is 11.2. The van der Waals surface area contributed by atoms with E-state index in [1.165, 1.54) is 18.7 Å². The number of carbonyl (C=O) groups excluding carboxylic acids is 1. The van der Waals surface area contributed by atoms with Crippen LogP contribution in [-0.4, -0.2) is 16.1 Å². The van der Waals surface area contributed by atoms with E-state index in [1.807, 2.05) is 27.7 Å². The van der Waals surface area contributed by atoms with E-state index in [2.05, 4.69) is 0 Å². The van der Waals surface area contributed by atoms with Crippen molar-refractivity contribution in [2.45, 2.75) is 39.9 Å². The average molecular weight is 202 g/mol. The van der Waals surface area contributed by atoms with Gasteiger partial charge < -0.3 is 5.11 Å². The molecule has 0 unspecified atom stereocenters. The normalized spacial score (nSPS) is 13.5. The van der Waals surface area contributed by atoms with Gasteiger partial charge in [0, 0.05) is 11.2 Å². The highest BCUT2D eigenvalue weighted by atomic mass is 32.2. The van der Waals surface area contributed by atoms with Crippen LogP contribution in [0.15, 0.2) is 10.7 Å². The number of hydrogen-bond donors (Lipinski definition) is 1. The number of ketones is 1. The third-order valence-corrected chi connectivity index (χ3v) is 2.66. The van der Waals surface area contributed by atoms with Crippen LogP contribution in [0.2, 0.25) is 0 Å². The minimum atomic E-state index is -0.0510. The van der Waals surface area contributed by atoms with Crippen LogP contribution in [0.1, 0.15) is 34.6 Å². The van der Waals surface area contributed by atoms with Crippen LogP contribution in [0.4, 0.5) is 0 Å². The van der Waals surface area contributed by atoms with Gasteiger partial charge in [-0.05, 0) is 6.92 Å². The van der Waals surface area contributed by atoms with Gasteiger partial charge in [0.15, 0.2) is 5.78 Å². The summed E-state index contributed by atoms with van der Waals surface area (Å²) in [5.74, 6) is 0.182. The van der Waals surface area contributed by atoms with Crippen molar-refractivity contribution < 1.29 is 9.90 Å². The van der Waals surface area contributed by atoms with Crippen LogP contribution in [0, 0.1) is 5.92 Å². The molecule has 76 valence electrons. The molecule has 2 nitrogen and oxygen atoms in total. The smallest absolute Gasteiger partial charge is 0.169 e. The summed E-state index contributed by atoms with van der Waals surface area (Å²) >= 11 is 1.42. The maximum Gasteiger partial charge on any atom is 0.169 e. The van der Waals surface area contributed by atoms with Gasteiger partial charge in [-0.15, -0.1) is 11.8 Å². The van der Waals surface area contributed by atoms with Gasteiger partial charge in [0.2, 0.25) is 0 Å². The van der Waals surface area contributed by atoms with Crippen molar-refractivity contribution in [3.05, 3.63) is 10.7 Å². The fraction of sp³-hybridized carbons (Fsp3) is 0.700. The molecule has 0 saturated heterocycles. The van der Waals surface area contributed by atoms with E-state index < -0.39 is 0 Å². The molecular formula is C10H18O2S. The summed E-state index contributed by atoms with van der Waals surface area (Å²) in [6.07, 6.45) is 0. The van der Waals surface area contributed by atoms with E-state index in [0.29, 0.717) is 10.2 Å². The number of carbonyl (C=O) groups is 1. The summed E-state index contributed by atoms with van der Waals surface area (Å²) in [5, 5.41) is 9.96. The number of allylic oxidation sites excluding steroid dienone is 2. The third-order valence-electron chi connectivity index (χ3n) is 1.45. The molecule has 0 amide bonds. The number of aliphatic hydroxyl groups is 1. The van der Waals surface area contributed by atoms with Crippen LogP contribution in [0.5, 0.6) is 0 Å². The van der Waals surface area contributed by atoms with Crippen molar-refractivity contribution in [3.63, 3.8) is 0 Å². The van der Waals surface area contributed by atoms with Gasteiger partial charge in [-0.1, -0.05) is 27.7 Å². The Labute approximate surface area is 84.4 Å². The van der Waals surface area contributed by atoms with Crippen molar-refractivity contribution >= 4 is 17.5 Å². The summed E-state index contributed by atoms with van der Waals surface area (Å²) in [4.78, 5) is 11.7. The first kappa shape index (κ1) is 12.6. The van der Waals surface area contributed by atoms with Gasteiger partial charge in [-0.2, -0.15) is 0 Å². The molecule has 0 saturated carbocycles. The first-order chi connectivity index (χ1) is 5.86. The van der Waals surface area contributed by atoms with Crippen molar-refractivity contribution in [2.75, 3.05) is 0 Å². The molecule has 0 atom stereocenters. The van der Waals surface area contributed by atoms with Crippen LogP contribution in [-0.2, 0) is 4.79 Å². The lowest BCUT2D eigenvalue weighted by Crippen LogP contribution is -2.05.